The van der Waals surface area contributed by atoms with Crippen molar-refractivity contribution >= 4 is 28.9 Å². The Kier molecular flexibility index (Phi) is 10.1. The Morgan fingerprint density at radius 2 is 1.79 bits per heavy atom. The highest BCUT2D eigenvalue weighted by molar-refractivity contribution is 7.80. The van der Waals surface area contributed by atoms with Crippen molar-refractivity contribution in [3.05, 3.63) is 24.3 Å². The smallest absolute Gasteiger partial charge is 0.226 e. The van der Waals surface area contributed by atoms with Gasteiger partial charge in [-0.3, -0.25) is 4.79 Å². The predicted molar refractivity (Wildman–Crippen MR) is 105 cm³/mol. The van der Waals surface area contributed by atoms with E-state index in [1.165, 1.54) is 25.7 Å². The van der Waals surface area contributed by atoms with Crippen molar-refractivity contribution in [3.8, 4) is 5.75 Å². The van der Waals surface area contributed by atoms with Crippen molar-refractivity contribution in [2.24, 2.45) is 5.92 Å². The molecule has 0 atom stereocenters. The average Bonchev–Trinajstić information content (AvgIpc) is 2.51. The van der Waals surface area contributed by atoms with Gasteiger partial charge in [-0.1, -0.05) is 46.5 Å². The first-order valence-corrected chi connectivity index (χ1v) is 9.25. The fourth-order valence-electron chi connectivity index (χ4n) is 2.24. The summed E-state index contributed by atoms with van der Waals surface area (Å²) in [7, 11) is 0. The van der Waals surface area contributed by atoms with Crippen molar-refractivity contribution in [3.63, 3.8) is 0 Å². The molecule has 2 N–H and O–H groups in total. The number of unbranched alkanes of at least 4 members (excludes halogenated alkanes) is 4. The molecule has 0 saturated heterocycles. The van der Waals surface area contributed by atoms with E-state index in [1.54, 1.807) is 0 Å². The van der Waals surface area contributed by atoms with Crippen molar-refractivity contribution in [2.45, 2.75) is 59.3 Å². The Hall–Kier alpha value is -1.62. The van der Waals surface area contributed by atoms with Crippen LogP contribution in [0.1, 0.15) is 59.3 Å². The average molecular weight is 351 g/mol. The minimum absolute atomic E-state index is 0.0643. The normalized spacial score (nSPS) is 10.5. The molecule has 0 saturated carbocycles. The zero-order valence-electron chi connectivity index (χ0n) is 15.1. The van der Waals surface area contributed by atoms with E-state index >= 15 is 0 Å². The first-order chi connectivity index (χ1) is 11.5. The van der Waals surface area contributed by atoms with Crippen LogP contribution >= 0.6 is 12.2 Å². The largest absolute Gasteiger partial charge is 0.494 e. The second kappa shape index (κ2) is 11.8. The molecule has 4 nitrogen and oxygen atoms in total. The third-order valence-electron chi connectivity index (χ3n) is 3.48. The summed E-state index contributed by atoms with van der Waals surface area (Å²) < 4.78 is 5.72. The summed E-state index contributed by atoms with van der Waals surface area (Å²) in [6, 6.07) is 7.61. The quantitative estimate of drug-likeness (QED) is 0.466. The monoisotopic (exact) mass is 350 g/mol. The second-order valence-corrected chi connectivity index (χ2v) is 6.80. The molecule has 0 aromatic heterocycles. The number of carbonyl (C=O) groups excluding carboxylic acids is 1. The lowest BCUT2D eigenvalue weighted by Gasteiger charge is -2.11. The third-order valence-corrected chi connectivity index (χ3v) is 3.68. The van der Waals surface area contributed by atoms with Gasteiger partial charge in [-0.05, 0) is 48.8 Å². The zero-order chi connectivity index (χ0) is 17.8. The van der Waals surface area contributed by atoms with Crippen LogP contribution in [0.2, 0.25) is 0 Å². The van der Waals surface area contributed by atoms with Crippen molar-refractivity contribution in [2.75, 3.05) is 11.9 Å². The van der Waals surface area contributed by atoms with Gasteiger partial charge in [0.05, 0.1) is 6.61 Å². The highest BCUT2D eigenvalue weighted by atomic mass is 32.1. The van der Waals surface area contributed by atoms with Gasteiger partial charge in [-0.2, -0.15) is 0 Å². The number of rotatable bonds is 10. The molecule has 1 amide bonds. The number of anilines is 1. The van der Waals surface area contributed by atoms with Gasteiger partial charge in [-0.15, -0.1) is 0 Å². The van der Waals surface area contributed by atoms with Gasteiger partial charge >= 0.3 is 0 Å². The highest BCUT2D eigenvalue weighted by Gasteiger charge is 2.07. The fraction of sp³-hybridized carbons (Fsp3) is 0.579. The summed E-state index contributed by atoms with van der Waals surface area (Å²) in [5.74, 6) is 1.10. The van der Waals surface area contributed by atoms with E-state index in [4.69, 9.17) is 17.0 Å². The fourth-order valence-corrected chi connectivity index (χ4v) is 2.47. The van der Waals surface area contributed by atoms with Crippen molar-refractivity contribution in [1.82, 2.24) is 5.32 Å². The second-order valence-electron chi connectivity index (χ2n) is 6.39. The molecule has 0 aliphatic heterocycles. The minimum atomic E-state index is -0.0643. The van der Waals surface area contributed by atoms with Gasteiger partial charge in [0.15, 0.2) is 5.11 Å². The first kappa shape index (κ1) is 20.4. The molecule has 0 spiro atoms. The number of carbonyl (C=O) groups is 1. The minimum Gasteiger partial charge on any atom is -0.494 e. The Morgan fingerprint density at radius 1 is 1.12 bits per heavy atom. The Morgan fingerprint density at radius 3 is 2.42 bits per heavy atom. The predicted octanol–water partition coefficient (Wildman–Crippen LogP) is 4.89. The maximum Gasteiger partial charge on any atom is 0.226 e. The number of hydrogen-bond donors (Lipinski definition) is 2. The molecule has 0 unspecified atom stereocenters. The lowest BCUT2D eigenvalue weighted by Crippen LogP contribution is -2.34. The van der Waals surface area contributed by atoms with Gasteiger partial charge in [0.2, 0.25) is 5.91 Å². The molecule has 1 aromatic rings. The standard InChI is InChI=1S/C19H30N2O2S/c1-4-5-6-7-8-13-23-17-11-9-16(10-12-17)20-19(24)21-18(22)14-15(2)3/h9-12,15H,4-8,13-14H2,1-3H3,(H2,20,21,22,24). The summed E-state index contributed by atoms with van der Waals surface area (Å²) in [5.41, 5.74) is 0.833. The molecule has 0 aliphatic rings. The van der Waals surface area contributed by atoms with E-state index in [0.29, 0.717) is 17.5 Å². The maximum absolute atomic E-state index is 11.7. The molecule has 0 radical (unpaired) electrons. The molecule has 0 heterocycles. The lowest BCUT2D eigenvalue weighted by atomic mass is 10.1. The van der Waals surface area contributed by atoms with Crippen LogP contribution < -0.4 is 15.4 Å². The molecular weight excluding hydrogens is 320 g/mol. The van der Waals surface area contributed by atoms with Crippen LogP contribution in [0.25, 0.3) is 0 Å². The van der Waals surface area contributed by atoms with Gasteiger partial charge in [0, 0.05) is 12.1 Å². The van der Waals surface area contributed by atoms with E-state index in [0.717, 1.165) is 24.5 Å². The molecule has 134 valence electrons. The van der Waals surface area contributed by atoms with E-state index in [2.05, 4.69) is 17.6 Å². The van der Waals surface area contributed by atoms with Gasteiger partial charge in [-0.25, -0.2) is 0 Å². The molecule has 24 heavy (non-hydrogen) atoms. The molecule has 1 rings (SSSR count). The number of benzene rings is 1. The molecular formula is C19H30N2O2S. The number of amides is 1. The Labute approximate surface area is 151 Å². The molecule has 0 aliphatic carbocycles. The first-order valence-electron chi connectivity index (χ1n) is 8.85. The van der Waals surface area contributed by atoms with Crippen LogP contribution in [0.3, 0.4) is 0 Å². The van der Waals surface area contributed by atoms with E-state index in [-0.39, 0.29) is 5.91 Å². The maximum atomic E-state index is 11.7. The molecule has 5 heteroatoms. The zero-order valence-corrected chi connectivity index (χ0v) is 15.9. The third kappa shape index (κ3) is 9.50. The van der Waals surface area contributed by atoms with E-state index in [1.807, 2.05) is 38.1 Å². The molecule has 1 aromatic carbocycles. The number of ether oxygens (including phenoxy) is 1. The van der Waals surface area contributed by atoms with Crippen LogP contribution in [0.15, 0.2) is 24.3 Å². The topological polar surface area (TPSA) is 50.4 Å². The summed E-state index contributed by atoms with van der Waals surface area (Å²) in [6.07, 6.45) is 6.61. The Bertz CT molecular complexity index is 501. The summed E-state index contributed by atoms with van der Waals surface area (Å²) in [4.78, 5) is 11.7. The van der Waals surface area contributed by atoms with Gasteiger partial charge in [0.25, 0.3) is 0 Å². The van der Waals surface area contributed by atoms with E-state index in [9.17, 15) is 4.79 Å². The SMILES string of the molecule is CCCCCCCOc1ccc(NC(=S)NC(=O)CC(C)C)cc1. The van der Waals surface area contributed by atoms with E-state index < -0.39 is 0 Å². The highest BCUT2D eigenvalue weighted by Crippen LogP contribution is 2.16. The van der Waals surface area contributed by atoms with Crippen LogP contribution in [0.4, 0.5) is 5.69 Å². The van der Waals surface area contributed by atoms with Crippen LogP contribution in [-0.4, -0.2) is 17.6 Å². The number of nitrogens with one attached hydrogen (secondary N) is 2. The van der Waals surface area contributed by atoms with Crippen molar-refractivity contribution in [1.29, 1.82) is 0 Å². The van der Waals surface area contributed by atoms with Crippen LogP contribution in [0.5, 0.6) is 5.75 Å². The Balaban J connectivity index is 2.28. The number of hydrogen-bond acceptors (Lipinski definition) is 3. The van der Waals surface area contributed by atoms with Crippen molar-refractivity contribution < 1.29 is 9.53 Å². The van der Waals surface area contributed by atoms with Crippen LogP contribution in [-0.2, 0) is 4.79 Å². The molecule has 0 fully saturated rings. The van der Waals surface area contributed by atoms with Crippen LogP contribution in [0, 0.1) is 5.92 Å². The molecule has 0 bridgehead atoms. The lowest BCUT2D eigenvalue weighted by molar-refractivity contribution is -0.120. The van der Waals surface area contributed by atoms with Gasteiger partial charge < -0.3 is 15.4 Å². The summed E-state index contributed by atoms with van der Waals surface area (Å²) >= 11 is 5.14. The van der Waals surface area contributed by atoms with Gasteiger partial charge in [0.1, 0.15) is 5.75 Å². The summed E-state index contributed by atoms with van der Waals surface area (Å²) in [6.45, 7) is 6.96. The summed E-state index contributed by atoms with van der Waals surface area (Å²) in [5, 5.41) is 6.02. The number of thiocarbonyl (C=S) groups is 1.